The summed E-state index contributed by atoms with van der Waals surface area (Å²) in [5.74, 6) is 2.49. The minimum Gasteiger partial charge on any atom is -0.508 e. The van der Waals surface area contributed by atoms with Crippen molar-refractivity contribution in [3.8, 4) is 5.75 Å². The van der Waals surface area contributed by atoms with Crippen LogP contribution in [0.15, 0.2) is 18.2 Å². The quantitative estimate of drug-likeness (QED) is 0.719. The molecule has 0 amide bonds. The second kappa shape index (κ2) is 5.05. The molecule has 2 saturated carbocycles. The van der Waals surface area contributed by atoms with E-state index in [0.29, 0.717) is 17.6 Å². The molecule has 2 N–H and O–H groups in total. The Morgan fingerprint density at radius 3 is 2.76 bits per heavy atom. The predicted molar refractivity (Wildman–Crippen MR) is 88.7 cm³/mol. The molecular weight excluding hydrogens is 259 g/mol. The normalized spacial score (nSPS) is 40.7. The molecule has 2 fully saturated rings. The third-order valence-corrected chi connectivity index (χ3v) is 6.66. The summed E-state index contributed by atoms with van der Waals surface area (Å²) in [5.41, 5.74) is 2.99. The van der Waals surface area contributed by atoms with Crippen LogP contribution in [0.5, 0.6) is 5.75 Å². The van der Waals surface area contributed by atoms with E-state index >= 15 is 0 Å². The zero-order chi connectivity index (χ0) is 13.9. The van der Waals surface area contributed by atoms with E-state index in [1.807, 2.05) is 12.1 Å². The Labute approximate surface area is 129 Å². The molecule has 0 saturated heterocycles. The van der Waals surface area contributed by atoms with Crippen molar-refractivity contribution in [1.82, 2.24) is 0 Å². The van der Waals surface area contributed by atoms with Gasteiger partial charge in [-0.15, -0.1) is 0 Å². The summed E-state index contributed by atoms with van der Waals surface area (Å²) in [7, 11) is 0. The molecule has 1 aromatic rings. The van der Waals surface area contributed by atoms with Gasteiger partial charge in [0, 0.05) is 0 Å². The number of aromatic hydroxyl groups is 1. The Bertz CT molecular complexity index is 544. The molecule has 3 aliphatic carbocycles. The number of phenolic OH excluding ortho intramolecular Hbond substituents is 1. The summed E-state index contributed by atoms with van der Waals surface area (Å²) in [6.45, 7) is 2.32. The third-order valence-electron chi connectivity index (χ3n) is 6.66. The summed E-state index contributed by atoms with van der Waals surface area (Å²) in [5, 5.41) is 20.0. The van der Waals surface area contributed by atoms with Gasteiger partial charge in [-0.1, -0.05) is 13.0 Å². The van der Waals surface area contributed by atoms with Crippen molar-refractivity contribution in [2.24, 2.45) is 17.3 Å². The van der Waals surface area contributed by atoms with Crippen molar-refractivity contribution in [3.05, 3.63) is 29.3 Å². The molecule has 0 aromatic heterocycles. The van der Waals surface area contributed by atoms with E-state index in [0.717, 1.165) is 25.2 Å². The van der Waals surface area contributed by atoms with Crippen LogP contribution in [0.25, 0.3) is 0 Å². The highest BCUT2D eigenvalue weighted by Crippen LogP contribution is 2.60. The molecule has 0 spiro atoms. The highest BCUT2D eigenvalue weighted by atomic mass is 16.3. The smallest absolute Gasteiger partial charge is 0.115 e. The molecule has 3 heteroatoms. The fourth-order valence-electron chi connectivity index (χ4n) is 5.54. The number of benzene rings is 1. The Morgan fingerprint density at radius 2 is 1.95 bits per heavy atom. The lowest BCUT2D eigenvalue weighted by molar-refractivity contribution is -0.0226. The van der Waals surface area contributed by atoms with Crippen molar-refractivity contribution in [3.63, 3.8) is 0 Å². The van der Waals surface area contributed by atoms with Gasteiger partial charge in [-0.25, -0.2) is 0 Å². The predicted octanol–water partition coefficient (Wildman–Crippen LogP) is 2.43. The van der Waals surface area contributed by atoms with Crippen LogP contribution in [-0.2, 0) is 6.42 Å². The van der Waals surface area contributed by atoms with Gasteiger partial charge in [0.25, 0.3) is 0 Å². The number of hydrogen-bond acceptors (Lipinski definition) is 2. The van der Waals surface area contributed by atoms with E-state index < -0.39 is 0 Å². The molecule has 0 unspecified atom stereocenters. The van der Waals surface area contributed by atoms with Crippen molar-refractivity contribution in [2.75, 3.05) is 0 Å². The minimum atomic E-state index is -0.0883. The zero-order valence-corrected chi connectivity index (χ0v) is 12.2. The zero-order valence-electron chi connectivity index (χ0n) is 12.2. The van der Waals surface area contributed by atoms with E-state index in [9.17, 15) is 10.2 Å². The fraction of sp³-hybridized carbons (Fsp3) is 0.667. The van der Waals surface area contributed by atoms with Gasteiger partial charge in [0.15, 0.2) is 0 Å². The minimum absolute atomic E-state index is 0. The molecule has 114 valence electrons. The first-order valence-corrected chi connectivity index (χ1v) is 8.09. The Morgan fingerprint density at radius 1 is 1.14 bits per heavy atom. The molecule has 5 atom stereocenters. The number of rotatable bonds is 0. The van der Waals surface area contributed by atoms with Gasteiger partial charge in [0.05, 0.1) is 14.5 Å². The van der Waals surface area contributed by atoms with E-state index in [-0.39, 0.29) is 19.9 Å². The summed E-state index contributed by atoms with van der Waals surface area (Å²) < 4.78 is 0. The monoisotopic (exact) mass is 286 g/mol. The van der Waals surface area contributed by atoms with E-state index in [1.54, 1.807) is 0 Å². The number of aliphatic hydroxyl groups excluding tert-OH is 1. The SMILES string of the molecule is B.C[C@]12CC[C@@H]3c4ccc(O)cc4CC[C@H]3[C@@H]1CC[C@@H]2O. The lowest BCUT2D eigenvalue weighted by Crippen LogP contribution is -2.43. The van der Waals surface area contributed by atoms with Crippen LogP contribution >= 0.6 is 0 Å². The Kier molecular flexibility index (Phi) is 3.60. The summed E-state index contributed by atoms with van der Waals surface area (Å²) >= 11 is 0. The third kappa shape index (κ3) is 2.04. The van der Waals surface area contributed by atoms with E-state index in [2.05, 4.69) is 13.0 Å². The van der Waals surface area contributed by atoms with E-state index in [1.165, 1.54) is 30.4 Å². The van der Waals surface area contributed by atoms with Crippen molar-refractivity contribution >= 4 is 8.41 Å². The molecule has 21 heavy (non-hydrogen) atoms. The van der Waals surface area contributed by atoms with Crippen LogP contribution in [0.1, 0.15) is 56.1 Å². The Hall–Kier alpha value is -0.955. The first kappa shape index (κ1) is 15.0. The topological polar surface area (TPSA) is 40.5 Å². The van der Waals surface area contributed by atoms with Crippen LogP contribution in [-0.4, -0.2) is 24.7 Å². The lowest BCUT2D eigenvalue weighted by atomic mass is 9.55. The average Bonchev–Trinajstić information content (AvgIpc) is 2.74. The average molecular weight is 286 g/mol. The number of fused-ring (bicyclic) bond motifs is 5. The molecule has 0 bridgehead atoms. The highest BCUT2D eigenvalue weighted by molar-refractivity contribution is 5.75. The lowest BCUT2D eigenvalue weighted by Gasteiger charge is -2.50. The molecule has 3 aliphatic rings. The second-order valence-electron chi connectivity index (χ2n) is 7.44. The van der Waals surface area contributed by atoms with Crippen LogP contribution in [0.4, 0.5) is 0 Å². The first-order chi connectivity index (χ1) is 9.59. The van der Waals surface area contributed by atoms with Crippen LogP contribution in [0.3, 0.4) is 0 Å². The highest BCUT2D eigenvalue weighted by Gasteiger charge is 2.54. The summed E-state index contributed by atoms with van der Waals surface area (Å²) in [6, 6.07) is 5.96. The molecule has 0 heterocycles. The summed E-state index contributed by atoms with van der Waals surface area (Å²) in [4.78, 5) is 0. The molecule has 1 aromatic carbocycles. The largest absolute Gasteiger partial charge is 0.508 e. The van der Waals surface area contributed by atoms with Gasteiger partial charge < -0.3 is 10.2 Å². The van der Waals surface area contributed by atoms with Crippen LogP contribution in [0, 0.1) is 17.3 Å². The van der Waals surface area contributed by atoms with Crippen molar-refractivity contribution < 1.29 is 10.2 Å². The van der Waals surface area contributed by atoms with E-state index in [4.69, 9.17) is 0 Å². The molecule has 4 rings (SSSR count). The molecular formula is C18H27BO2. The van der Waals surface area contributed by atoms with Gasteiger partial charge in [0.1, 0.15) is 5.75 Å². The van der Waals surface area contributed by atoms with Crippen molar-refractivity contribution in [2.45, 2.75) is 57.5 Å². The number of hydrogen-bond donors (Lipinski definition) is 2. The van der Waals surface area contributed by atoms with Crippen LogP contribution < -0.4 is 0 Å². The van der Waals surface area contributed by atoms with Gasteiger partial charge >= 0.3 is 0 Å². The molecule has 0 radical (unpaired) electrons. The number of aryl methyl sites for hydroxylation is 1. The standard InChI is InChI=1S/C18H24O2.BH3/c1-18-9-8-14-13-5-3-12(19)10-11(13)2-4-15(14)16(18)6-7-17(18)20;/h3,5,10,14-17,19-20H,2,4,6-9H2,1H3;1H3/t14-,15-,16+,17+,18+;/m1./s1. The number of aliphatic hydroxyl groups is 1. The van der Waals surface area contributed by atoms with Crippen LogP contribution in [0.2, 0.25) is 0 Å². The fourth-order valence-corrected chi connectivity index (χ4v) is 5.54. The number of phenols is 1. The first-order valence-electron chi connectivity index (χ1n) is 8.09. The second-order valence-corrected chi connectivity index (χ2v) is 7.44. The van der Waals surface area contributed by atoms with Gasteiger partial charge in [-0.2, -0.15) is 0 Å². The maximum atomic E-state index is 10.4. The molecule has 2 nitrogen and oxygen atoms in total. The molecule has 0 aliphatic heterocycles. The van der Waals surface area contributed by atoms with Gasteiger partial charge in [0.2, 0.25) is 0 Å². The maximum Gasteiger partial charge on any atom is 0.115 e. The maximum absolute atomic E-state index is 10.4. The van der Waals surface area contributed by atoms with Crippen molar-refractivity contribution in [1.29, 1.82) is 0 Å². The Balaban J connectivity index is 0.00000132. The van der Waals surface area contributed by atoms with Gasteiger partial charge in [-0.05, 0) is 85.0 Å². The summed E-state index contributed by atoms with van der Waals surface area (Å²) in [6.07, 6.45) is 6.78. The van der Waals surface area contributed by atoms with Gasteiger partial charge in [-0.3, -0.25) is 0 Å².